The molecule has 0 amide bonds. The van der Waals surface area contributed by atoms with Crippen LogP contribution in [0.2, 0.25) is 0 Å². The fourth-order valence-corrected chi connectivity index (χ4v) is 4.57. The van der Waals surface area contributed by atoms with E-state index in [1.807, 2.05) is 6.07 Å². The third-order valence-corrected chi connectivity index (χ3v) is 6.45. The number of aryl methyl sites for hydroxylation is 1. The maximum absolute atomic E-state index is 15.5. The number of aliphatic hydroxyl groups is 1. The number of aliphatic hydroxyl groups excluding tert-OH is 1. The number of aromatic nitrogens is 3. The van der Waals surface area contributed by atoms with Gasteiger partial charge in [-0.25, -0.2) is 18.2 Å². The third kappa shape index (κ3) is 5.29. The minimum Gasteiger partial charge on any atom is -0.513 e. The van der Waals surface area contributed by atoms with E-state index >= 15 is 4.39 Å². The highest BCUT2D eigenvalue weighted by atomic mass is 19.1. The summed E-state index contributed by atoms with van der Waals surface area (Å²) in [4.78, 5) is 21.1. The van der Waals surface area contributed by atoms with Crippen LogP contribution in [0, 0.1) is 5.82 Å². The van der Waals surface area contributed by atoms with Crippen molar-refractivity contribution in [1.82, 2.24) is 15.0 Å². The van der Waals surface area contributed by atoms with Gasteiger partial charge in [-0.05, 0) is 42.3 Å². The van der Waals surface area contributed by atoms with Gasteiger partial charge < -0.3 is 29.7 Å². The second kappa shape index (κ2) is 11.2. The van der Waals surface area contributed by atoms with Gasteiger partial charge in [0.15, 0.2) is 5.83 Å². The largest absolute Gasteiger partial charge is 0.513 e. The number of carboxylic acids is 1. The first kappa shape index (κ1) is 27.0. The number of hydrogen-bond donors (Lipinski definition) is 4. The minimum atomic E-state index is -1.38. The molecule has 1 aliphatic rings. The predicted octanol–water partition coefficient (Wildman–Crippen LogP) is 4.08. The van der Waals surface area contributed by atoms with Crippen LogP contribution in [0.5, 0.6) is 0 Å². The zero-order chi connectivity index (χ0) is 28.3. The molecule has 2 aromatic carbocycles. The summed E-state index contributed by atoms with van der Waals surface area (Å²) in [6, 6.07) is 12.2. The Morgan fingerprint density at radius 1 is 1.12 bits per heavy atom. The van der Waals surface area contributed by atoms with Crippen molar-refractivity contribution in [3.63, 3.8) is 0 Å². The molecule has 0 unspecified atom stereocenters. The van der Waals surface area contributed by atoms with Crippen molar-refractivity contribution in [3.05, 3.63) is 112 Å². The molecule has 5 rings (SSSR count). The van der Waals surface area contributed by atoms with E-state index in [2.05, 4.69) is 15.0 Å². The van der Waals surface area contributed by atoms with Crippen LogP contribution < -0.4 is 10.6 Å². The Balaban J connectivity index is 1.54. The van der Waals surface area contributed by atoms with E-state index in [-0.39, 0.29) is 53.4 Å². The lowest BCUT2D eigenvalue weighted by molar-refractivity contribution is -0.136. The molecule has 11 heteroatoms. The summed E-state index contributed by atoms with van der Waals surface area (Å²) in [5.41, 5.74) is 1.75. The van der Waals surface area contributed by atoms with E-state index in [1.165, 1.54) is 30.6 Å². The number of imidazole rings is 1. The SMILES string of the molecule is O=C(O)CCc1cccc(C2(c3cnc(-c4cc(/C(F)=c5/cc[nH]/c5=C/C(F)=C/O)ccc4F)[nH]3)OCCO2)c1. The summed E-state index contributed by atoms with van der Waals surface area (Å²) >= 11 is 0. The van der Waals surface area contributed by atoms with Crippen LogP contribution in [0.1, 0.15) is 28.8 Å². The normalized spacial score (nSPS) is 16.4. The van der Waals surface area contributed by atoms with Crippen LogP contribution in [0.4, 0.5) is 13.2 Å². The molecule has 4 N–H and O–H groups in total. The summed E-state index contributed by atoms with van der Waals surface area (Å²) in [5.74, 6) is -4.58. The fraction of sp³-hybridized carbons (Fsp3) is 0.172. The van der Waals surface area contributed by atoms with Crippen molar-refractivity contribution in [2.75, 3.05) is 13.2 Å². The van der Waals surface area contributed by atoms with Crippen LogP contribution in [0.3, 0.4) is 0 Å². The van der Waals surface area contributed by atoms with Gasteiger partial charge in [0, 0.05) is 35.0 Å². The predicted molar refractivity (Wildman–Crippen MR) is 139 cm³/mol. The van der Waals surface area contributed by atoms with Gasteiger partial charge in [-0.1, -0.05) is 18.2 Å². The summed E-state index contributed by atoms with van der Waals surface area (Å²) in [6.45, 7) is 0.555. The molecule has 0 spiro atoms. The molecule has 0 saturated carbocycles. The van der Waals surface area contributed by atoms with Crippen molar-refractivity contribution in [2.24, 2.45) is 0 Å². The summed E-state index contributed by atoms with van der Waals surface area (Å²) in [6.07, 6.45) is 4.31. The fourth-order valence-electron chi connectivity index (χ4n) is 4.57. The number of hydrogen-bond acceptors (Lipinski definition) is 5. The van der Waals surface area contributed by atoms with Crippen molar-refractivity contribution < 1.29 is 37.7 Å². The quantitative estimate of drug-likeness (QED) is 0.245. The third-order valence-electron chi connectivity index (χ3n) is 6.45. The number of aliphatic carboxylic acids is 1. The molecule has 1 saturated heterocycles. The van der Waals surface area contributed by atoms with Gasteiger partial charge in [-0.15, -0.1) is 0 Å². The lowest BCUT2D eigenvalue weighted by Crippen LogP contribution is -2.29. The Hall–Kier alpha value is -4.61. The highest BCUT2D eigenvalue weighted by molar-refractivity contribution is 5.68. The molecule has 0 atom stereocenters. The number of rotatable bonds is 8. The van der Waals surface area contributed by atoms with Crippen molar-refractivity contribution >= 4 is 17.9 Å². The number of ether oxygens (including phenoxy) is 2. The Bertz CT molecular complexity index is 1700. The number of nitrogens with zero attached hydrogens (tertiary/aromatic N) is 1. The maximum atomic E-state index is 15.5. The van der Waals surface area contributed by atoms with Gasteiger partial charge >= 0.3 is 5.97 Å². The number of allylic oxidation sites excluding steroid dienone is 1. The molecule has 0 bridgehead atoms. The highest BCUT2D eigenvalue weighted by Crippen LogP contribution is 2.39. The van der Waals surface area contributed by atoms with E-state index < -0.39 is 29.2 Å². The number of aromatic amines is 2. The Morgan fingerprint density at radius 2 is 1.93 bits per heavy atom. The van der Waals surface area contributed by atoms with E-state index in [1.54, 1.807) is 18.2 Å². The molecular formula is C29H24F3N3O5. The molecule has 4 aromatic rings. The van der Waals surface area contributed by atoms with Crippen molar-refractivity contribution in [3.8, 4) is 11.4 Å². The zero-order valence-electron chi connectivity index (χ0n) is 21.0. The van der Waals surface area contributed by atoms with Crippen LogP contribution >= 0.6 is 0 Å². The molecule has 1 aliphatic heterocycles. The number of nitrogens with one attached hydrogen (secondary N) is 2. The Morgan fingerprint density at radius 3 is 2.67 bits per heavy atom. The second-order valence-corrected chi connectivity index (χ2v) is 9.03. The van der Waals surface area contributed by atoms with E-state index in [9.17, 15) is 13.6 Å². The van der Waals surface area contributed by atoms with Gasteiger partial charge in [0.25, 0.3) is 0 Å². The Kier molecular flexibility index (Phi) is 7.58. The highest BCUT2D eigenvalue weighted by Gasteiger charge is 2.42. The molecule has 8 nitrogen and oxygen atoms in total. The number of carboxylic acid groups (broad SMARTS) is 1. The number of benzene rings is 2. The summed E-state index contributed by atoms with van der Waals surface area (Å²) in [7, 11) is 0. The van der Waals surface area contributed by atoms with Crippen molar-refractivity contribution in [1.29, 1.82) is 0 Å². The van der Waals surface area contributed by atoms with Crippen LogP contribution in [0.15, 0.2) is 73.0 Å². The molecular weight excluding hydrogens is 527 g/mol. The smallest absolute Gasteiger partial charge is 0.303 e. The monoisotopic (exact) mass is 551 g/mol. The standard InChI is InChI=1S/C29H24F3N3O5/c30-20(16-36)14-24-21(8-9-33-24)27(32)18-5-6-23(31)22(13-18)28-34-15-25(35-28)29(39-10-11-40-29)19-3-1-2-17(12-19)4-7-26(37)38/h1-3,5-6,8-9,12-16,33,36H,4,7,10-11H2,(H,34,35)(H,37,38)/b20-16-,24-14+,27-21+. The number of H-pyrrole nitrogens is 2. The number of halogens is 3. The topological polar surface area (TPSA) is 120 Å². The van der Waals surface area contributed by atoms with E-state index in [0.29, 0.717) is 17.7 Å². The lowest BCUT2D eigenvalue weighted by atomic mass is 9.98. The average Bonchev–Trinajstić information content (AvgIpc) is 3.73. The first-order chi connectivity index (χ1) is 19.3. The van der Waals surface area contributed by atoms with Gasteiger partial charge in [-0.3, -0.25) is 4.79 Å². The van der Waals surface area contributed by atoms with Crippen LogP contribution in [-0.2, 0) is 26.5 Å². The van der Waals surface area contributed by atoms with Gasteiger partial charge in [-0.2, -0.15) is 0 Å². The second-order valence-electron chi connectivity index (χ2n) is 9.03. The molecule has 3 heterocycles. The first-order valence-electron chi connectivity index (χ1n) is 12.3. The molecule has 2 aromatic heterocycles. The van der Waals surface area contributed by atoms with E-state index in [4.69, 9.17) is 19.7 Å². The summed E-state index contributed by atoms with van der Waals surface area (Å²) < 4.78 is 56.0. The van der Waals surface area contributed by atoms with Crippen LogP contribution in [0.25, 0.3) is 23.3 Å². The Labute approximate surface area is 225 Å². The van der Waals surface area contributed by atoms with Gasteiger partial charge in [0.05, 0.1) is 30.3 Å². The molecule has 206 valence electrons. The minimum absolute atomic E-state index is 0.0178. The summed E-state index contributed by atoms with van der Waals surface area (Å²) in [5, 5.41) is 18.0. The van der Waals surface area contributed by atoms with Crippen LogP contribution in [-0.4, -0.2) is 44.3 Å². The van der Waals surface area contributed by atoms with Gasteiger partial charge in [0.2, 0.25) is 5.79 Å². The van der Waals surface area contributed by atoms with E-state index in [0.717, 1.165) is 17.7 Å². The van der Waals surface area contributed by atoms with Crippen molar-refractivity contribution in [2.45, 2.75) is 18.6 Å². The molecule has 0 aliphatic carbocycles. The zero-order valence-corrected chi connectivity index (χ0v) is 21.0. The average molecular weight is 552 g/mol. The number of carbonyl (C=O) groups is 1. The molecule has 1 fully saturated rings. The maximum Gasteiger partial charge on any atom is 0.303 e. The molecule has 0 radical (unpaired) electrons. The van der Waals surface area contributed by atoms with Gasteiger partial charge in [0.1, 0.15) is 29.4 Å². The molecule has 40 heavy (non-hydrogen) atoms. The first-order valence-corrected chi connectivity index (χ1v) is 12.3. The lowest BCUT2D eigenvalue weighted by Gasteiger charge is -2.27.